The molecular weight excluding hydrogens is 365 g/mol. The van der Waals surface area contributed by atoms with E-state index in [1.54, 1.807) is 6.92 Å². The van der Waals surface area contributed by atoms with Gasteiger partial charge < -0.3 is 5.32 Å². The fourth-order valence-corrected chi connectivity index (χ4v) is 3.49. The van der Waals surface area contributed by atoms with Gasteiger partial charge in [0.1, 0.15) is 5.82 Å². The van der Waals surface area contributed by atoms with Gasteiger partial charge in [-0.3, -0.25) is 14.9 Å². The first kappa shape index (κ1) is 19.5. The summed E-state index contributed by atoms with van der Waals surface area (Å²) >= 11 is 0. The standard InChI is InChI=1S/C16H16FN3O5S/c1-2-11-3-8-14(20(22)23)9-15(11)26(24,25)18-10-16(21)19-13-6-4-12(17)5-7-13/h3-9,18H,2,10H2,1H3,(H,19,21). The van der Waals surface area contributed by atoms with E-state index in [0.29, 0.717) is 17.7 Å². The maximum Gasteiger partial charge on any atom is 0.270 e. The summed E-state index contributed by atoms with van der Waals surface area (Å²) in [6.45, 7) is 1.13. The van der Waals surface area contributed by atoms with Crippen molar-refractivity contribution in [3.8, 4) is 0 Å². The first-order chi connectivity index (χ1) is 12.2. The number of rotatable bonds is 7. The molecule has 0 aliphatic carbocycles. The molecule has 0 atom stereocenters. The molecule has 138 valence electrons. The van der Waals surface area contributed by atoms with Crippen molar-refractivity contribution in [2.24, 2.45) is 0 Å². The molecule has 0 saturated heterocycles. The number of amides is 1. The molecule has 26 heavy (non-hydrogen) atoms. The summed E-state index contributed by atoms with van der Waals surface area (Å²) in [6, 6.07) is 8.51. The molecule has 0 radical (unpaired) electrons. The van der Waals surface area contributed by atoms with E-state index in [2.05, 4.69) is 10.0 Å². The maximum atomic E-state index is 12.8. The van der Waals surface area contributed by atoms with Crippen LogP contribution >= 0.6 is 0 Å². The van der Waals surface area contributed by atoms with Gasteiger partial charge in [-0.15, -0.1) is 0 Å². The monoisotopic (exact) mass is 381 g/mol. The van der Waals surface area contributed by atoms with E-state index in [1.807, 2.05) is 0 Å². The lowest BCUT2D eigenvalue weighted by Crippen LogP contribution is -2.33. The number of nitrogens with zero attached hydrogens (tertiary/aromatic N) is 1. The molecule has 10 heteroatoms. The number of nitro groups is 1. The number of carbonyl (C=O) groups excluding carboxylic acids is 1. The van der Waals surface area contributed by atoms with Gasteiger partial charge in [0.05, 0.1) is 16.4 Å². The lowest BCUT2D eigenvalue weighted by atomic mass is 10.1. The van der Waals surface area contributed by atoms with Crippen LogP contribution in [0.1, 0.15) is 12.5 Å². The van der Waals surface area contributed by atoms with Gasteiger partial charge in [-0.25, -0.2) is 17.5 Å². The second-order valence-corrected chi connectivity index (χ2v) is 7.02. The number of sulfonamides is 1. The summed E-state index contributed by atoms with van der Waals surface area (Å²) < 4.78 is 39.8. The molecule has 2 N–H and O–H groups in total. The average Bonchev–Trinajstić information content (AvgIpc) is 2.61. The predicted molar refractivity (Wildman–Crippen MR) is 92.7 cm³/mol. The molecule has 0 bridgehead atoms. The first-order valence-corrected chi connectivity index (χ1v) is 9.03. The topological polar surface area (TPSA) is 118 Å². The van der Waals surface area contributed by atoms with Crippen molar-refractivity contribution in [1.29, 1.82) is 0 Å². The van der Waals surface area contributed by atoms with Crippen LogP contribution in [-0.4, -0.2) is 25.8 Å². The zero-order valence-electron chi connectivity index (χ0n) is 13.7. The van der Waals surface area contributed by atoms with Crippen molar-refractivity contribution >= 4 is 27.3 Å². The lowest BCUT2D eigenvalue weighted by Gasteiger charge is -2.11. The number of hydrogen-bond acceptors (Lipinski definition) is 5. The molecule has 0 heterocycles. The first-order valence-electron chi connectivity index (χ1n) is 7.55. The fraction of sp³-hybridized carbons (Fsp3) is 0.188. The van der Waals surface area contributed by atoms with E-state index >= 15 is 0 Å². The van der Waals surface area contributed by atoms with Gasteiger partial charge in [-0.05, 0) is 36.2 Å². The number of non-ortho nitro benzene ring substituents is 1. The molecule has 0 unspecified atom stereocenters. The molecule has 0 aromatic heterocycles. The van der Waals surface area contributed by atoms with E-state index < -0.39 is 33.2 Å². The molecule has 0 aliphatic rings. The second kappa shape index (κ2) is 8.02. The fourth-order valence-electron chi connectivity index (χ4n) is 2.18. The molecule has 8 nitrogen and oxygen atoms in total. The Labute approximate surface area is 149 Å². The van der Waals surface area contributed by atoms with E-state index in [4.69, 9.17) is 0 Å². The zero-order valence-corrected chi connectivity index (χ0v) is 14.5. The quantitative estimate of drug-likeness (QED) is 0.563. The molecule has 2 rings (SSSR count). The molecule has 0 saturated carbocycles. The van der Waals surface area contributed by atoms with Gasteiger partial charge in [0.25, 0.3) is 5.69 Å². The Morgan fingerprint density at radius 3 is 2.42 bits per heavy atom. The van der Waals surface area contributed by atoms with Crippen LogP contribution in [0, 0.1) is 15.9 Å². The van der Waals surface area contributed by atoms with E-state index in [0.717, 1.165) is 18.2 Å². The van der Waals surface area contributed by atoms with Crippen molar-refractivity contribution in [1.82, 2.24) is 4.72 Å². The molecule has 1 amide bonds. The Morgan fingerprint density at radius 2 is 1.85 bits per heavy atom. The third-order valence-corrected chi connectivity index (χ3v) is 4.97. The summed E-state index contributed by atoms with van der Waals surface area (Å²) in [6.07, 6.45) is 0.343. The minimum atomic E-state index is -4.13. The van der Waals surface area contributed by atoms with E-state index in [9.17, 15) is 27.7 Å². The summed E-state index contributed by atoms with van der Waals surface area (Å²) in [5, 5.41) is 13.3. The summed E-state index contributed by atoms with van der Waals surface area (Å²) in [5.41, 5.74) is 0.334. The van der Waals surface area contributed by atoms with Crippen LogP contribution in [0.25, 0.3) is 0 Å². The molecule has 2 aromatic carbocycles. The zero-order chi connectivity index (χ0) is 19.3. The van der Waals surface area contributed by atoms with Crippen LogP contribution in [0.15, 0.2) is 47.4 Å². The number of nitro benzene ring substituents is 1. The minimum Gasteiger partial charge on any atom is -0.325 e. The number of carbonyl (C=O) groups is 1. The number of halogens is 1. The summed E-state index contributed by atoms with van der Waals surface area (Å²) in [4.78, 5) is 21.8. The largest absolute Gasteiger partial charge is 0.325 e. The smallest absolute Gasteiger partial charge is 0.270 e. The van der Waals surface area contributed by atoms with E-state index in [1.165, 1.54) is 24.3 Å². The molecular formula is C16H16FN3O5S. The second-order valence-electron chi connectivity index (χ2n) is 5.28. The number of nitrogens with one attached hydrogen (secondary N) is 2. The Kier molecular flexibility index (Phi) is 6.01. The Bertz CT molecular complexity index is 929. The minimum absolute atomic E-state index is 0.246. The SMILES string of the molecule is CCc1ccc([N+](=O)[O-])cc1S(=O)(=O)NCC(=O)Nc1ccc(F)cc1. The highest BCUT2D eigenvalue weighted by Crippen LogP contribution is 2.22. The Balaban J connectivity index is 2.13. The van der Waals surface area contributed by atoms with Crippen LogP contribution < -0.4 is 10.0 Å². The van der Waals surface area contributed by atoms with Crippen molar-refractivity contribution in [3.05, 3.63) is 64.0 Å². The Morgan fingerprint density at radius 1 is 1.19 bits per heavy atom. The summed E-state index contributed by atoms with van der Waals surface area (Å²) in [7, 11) is -4.13. The highest BCUT2D eigenvalue weighted by atomic mass is 32.2. The van der Waals surface area contributed by atoms with Crippen molar-refractivity contribution in [2.45, 2.75) is 18.2 Å². The number of aryl methyl sites for hydroxylation is 1. The Hall–Kier alpha value is -2.85. The average molecular weight is 381 g/mol. The number of anilines is 1. The van der Waals surface area contributed by atoms with Crippen LogP contribution in [0.5, 0.6) is 0 Å². The van der Waals surface area contributed by atoms with Gasteiger partial charge in [0.2, 0.25) is 15.9 Å². The van der Waals surface area contributed by atoms with Crippen molar-refractivity contribution < 1.29 is 22.5 Å². The van der Waals surface area contributed by atoms with Gasteiger partial charge in [0, 0.05) is 17.8 Å². The number of benzene rings is 2. The molecule has 2 aromatic rings. The maximum absolute atomic E-state index is 12.8. The number of hydrogen-bond donors (Lipinski definition) is 2. The third kappa shape index (κ3) is 4.83. The predicted octanol–water partition coefficient (Wildman–Crippen LogP) is 2.21. The normalized spacial score (nSPS) is 11.2. The van der Waals surface area contributed by atoms with Crippen molar-refractivity contribution in [3.63, 3.8) is 0 Å². The molecule has 0 aliphatic heterocycles. The highest BCUT2D eigenvalue weighted by molar-refractivity contribution is 7.89. The van der Waals surface area contributed by atoms with Crippen LogP contribution in [-0.2, 0) is 21.2 Å². The highest BCUT2D eigenvalue weighted by Gasteiger charge is 2.22. The summed E-state index contributed by atoms with van der Waals surface area (Å²) in [5.74, 6) is -1.13. The third-order valence-electron chi connectivity index (χ3n) is 3.48. The lowest BCUT2D eigenvalue weighted by molar-refractivity contribution is -0.385. The molecule has 0 fully saturated rings. The van der Waals surface area contributed by atoms with Gasteiger partial charge in [0.15, 0.2) is 0 Å². The van der Waals surface area contributed by atoms with E-state index in [-0.39, 0.29) is 10.6 Å². The van der Waals surface area contributed by atoms with Gasteiger partial charge in [-0.2, -0.15) is 0 Å². The van der Waals surface area contributed by atoms with Crippen molar-refractivity contribution in [2.75, 3.05) is 11.9 Å². The van der Waals surface area contributed by atoms with Crippen LogP contribution in [0.4, 0.5) is 15.8 Å². The van der Waals surface area contributed by atoms with Crippen LogP contribution in [0.2, 0.25) is 0 Å². The van der Waals surface area contributed by atoms with Gasteiger partial charge in [-0.1, -0.05) is 13.0 Å². The molecule has 0 spiro atoms. The van der Waals surface area contributed by atoms with Gasteiger partial charge >= 0.3 is 0 Å². The van der Waals surface area contributed by atoms with Crippen LogP contribution in [0.3, 0.4) is 0 Å².